The minimum absolute atomic E-state index is 0.198. The van der Waals surface area contributed by atoms with E-state index in [4.69, 9.17) is 4.74 Å². The van der Waals surface area contributed by atoms with Gasteiger partial charge in [-0.3, -0.25) is 4.79 Å². The number of ether oxygens (including phenoxy) is 1. The zero-order chi connectivity index (χ0) is 16.6. The molecule has 0 aliphatic heterocycles. The van der Waals surface area contributed by atoms with E-state index in [1.807, 2.05) is 44.1 Å². The zero-order valence-electron chi connectivity index (χ0n) is 13.4. The van der Waals surface area contributed by atoms with Crippen molar-refractivity contribution >= 4 is 16.5 Å². The van der Waals surface area contributed by atoms with E-state index >= 15 is 0 Å². The lowest BCUT2D eigenvalue weighted by Gasteiger charge is -2.13. The Hall–Kier alpha value is -2.96. The van der Waals surface area contributed by atoms with Crippen molar-refractivity contribution in [3.05, 3.63) is 46.5 Å². The molecule has 23 heavy (non-hydrogen) atoms. The second-order valence-electron chi connectivity index (χ2n) is 5.38. The van der Waals surface area contributed by atoms with Crippen LogP contribution in [0.1, 0.15) is 5.69 Å². The van der Waals surface area contributed by atoms with Crippen LogP contribution in [0.5, 0.6) is 5.88 Å². The number of methoxy groups -OCH3 is 1. The second-order valence-corrected chi connectivity index (χ2v) is 5.38. The molecule has 2 aromatic heterocycles. The molecule has 0 unspecified atom stereocenters. The smallest absolute Gasteiger partial charge is 0.282 e. The molecule has 0 bridgehead atoms. The molecule has 7 heteroatoms. The quantitative estimate of drug-likeness (QED) is 0.731. The van der Waals surface area contributed by atoms with Crippen molar-refractivity contribution in [1.29, 1.82) is 0 Å². The Bertz CT molecular complexity index is 933. The van der Waals surface area contributed by atoms with Gasteiger partial charge in [-0.25, -0.2) is 4.98 Å². The van der Waals surface area contributed by atoms with Gasteiger partial charge in [0.25, 0.3) is 11.5 Å². The van der Waals surface area contributed by atoms with Crippen molar-refractivity contribution in [3.63, 3.8) is 0 Å². The van der Waals surface area contributed by atoms with Gasteiger partial charge in [0.1, 0.15) is 0 Å². The Balaban J connectivity index is 2.24. The lowest BCUT2D eigenvalue weighted by molar-refractivity contribution is 0.395. The van der Waals surface area contributed by atoms with Gasteiger partial charge in [-0.2, -0.15) is 14.8 Å². The predicted octanol–water partition coefficient (Wildman–Crippen LogP) is 1.56. The second kappa shape index (κ2) is 5.68. The third kappa shape index (κ3) is 2.73. The molecule has 0 saturated carbocycles. The molecular weight excluding hydrogens is 294 g/mol. The van der Waals surface area contributed by atoms with Gasteiger partial charge in [-0.15, -0.1) is 0 Å². The molecule has 0 aliphatic rings. The highest BCUT2D eigenvalue weighted by molar-refractivity contribution is 5.84. The molecule has 0 radical (unpaired) electrons. The van der Waals surface area contributed by atoms with E-state index in [2.05, 4.69) is 15.1 Å². The van der Waals surface area contributed by atoms with E-state index < -0.39 is 0 Å². The Labute approximate surface area is 133 Å². The van der Waals surface area contributed by atoms with Crippen LogP contribution in [0.15, 0.2) is 35.3 Å². The minimum Gasteiger partial charge on any atom is -0.481 e. The van der Waals surface area contributed by atoms with Gasteiger partial charge < -0.3 is 9.64 Å². The van der Waals surface area contributed by atoms with Crippen LogP contribution in [0.3, 0.4) is 0 Å². The van der Waals surface area contributed by atoms with Crippen LogP contribution in [0.25, 0.3) is 16.7 Å². The van der Waals surface area contributed by atoms with E-state index in [9.17, 15) is 4.79 Å². The SMILES string of the molecule is COc1cc(C)nc(-n2ncc3ccc(N(C)C)cc3c2=O)n1. The number of hydrogen-bond donors (Lipinski definition) is 0. The van der Waals surface area contributed by atoms with Gasteiger partial charge in [0.2, 0.25) is 5.88 Å². The standard InChI is InChI=1S/C16H17N5O2/c1-10-7-14(23-4)19-16(18-10)21-15(22)13-8-12(20(2)3)6-5-11(13)9-17-21/h5-9H,1-4H3. The Morgan fingerprint density at radius 3 is 2.65 bits per heavy atom. The summed E-state index contributed by atoms with van der Waals surface area (Å²) >= 11 is 0. The van der Waals surface area contributed by atoms with Crippen molar-refractivity contribution in [2.24, 2.45) is 0 Å². The summed E-state index contributed by atoms with van der Waals surface area (Å²) in [5.74, 6) is 0.590. The first-order valence-electron chi connectivity index (χ1n) is 7.09. The number of rotatable bonds is 3. The number of aryl methyl sites for hydroxylation is 1. The van der Waals surface area contributed by atoms with Crippen LogP contribution in [0.2, 0.25) is 0 Å². The molecule has 3 rings (SSSR count). The van der Waals surface area contributed by atoms with Crippen LogP contribution in [-0.2, 0) is 0 Å². The molecule has 2 heterocycles. The van der Waals surface area contributed by atoms with E-state index in [1.54, 1.807) is 12.3 Å². The van der Waals surface area contributed by atoms with Gasteiger partial charge >= 0.3 is 0 Å². The van der Waals surface area contributed by atoms with Gasteiger partial charge in [0.15, 0.2) is 0 Å². The molecule has 0 aliphatic carbocycles. The van der Waals surface area contributed by atoms with Crippen molar-refractivity contribution in [1.82, 2.24) is 19.7 Å². The highest BCUT2D eigenvalue weighted by Gasteiger charge is 2.11. The van der Waals surface area contributed by atoms with Gasteiger partial charge in [0, 0.05) is 36.9 Å². The maximum absolute atomic E-state index is 12.8. The summed E-state index contributed by atoms with van der Waals surface area (Å²) in [6.07, 6.45) is 1.63. The number of aromatic nitrogens is 4. The third-order valence-electron chi connectivity index (χ3n) is 3.51. The molecule has 0 N–H and O–H groups in total. The molecule has 1 aromatic carbocycles. The third-order valence-corrected chi connectivity index (χ3v) is 3.51. The van der Waals surface area contributed by atoms with Crippen molar-refractivity contribution < 1.29 is 4.74 Å². The molecule has 0 atom stereocenters. The summed E-state index contributed by atoms with van der Waals surface area (Å²) in [6, 6.07) is 7.35. The van der Waals surface area contributed by atoms with E-state index in [1.165, 1.54) is 11.8 Å². The minimum atomic E-state index is -0.265. The first-order chi connectivity index (χ1) is 11.0. The van der Waals surface area contributed by atoms with E-state index in [0.29, 0.717) is 17.0 Å². The first-order valence-corrected chi connectivity index (χ1v) is 7.09. The van der Waals surface area contributed by atoms with E-state index in [0.717, 1.165) is 11.1 Å². The van der Waals surface area contributed by atoms with Gasteiger partial charge in [-0.05, 0) is 19.1 Å². The average molecular weight is 311 g/mol. The maximum Gasteiger partial charge on any atom is 0.282 e. The summed E-state index contributed by atoms with van der Waals surface area (Å²) < 4.78 is 6.33. The van der Waals surface area contributed by atoms with Crippen LogP contribution in [-0.4, -0.2) is 41.0 Å². The highest BCUT2D eigenvalue weighted by atomic mass is 16.5. The fourth-order valence-corrected chi connectivity index (χ4v) is 2.27. The number of anilines is 1. The Kier molecular flexibility index (Phi) is 3.69. The maximum atomic E-state index is 12.8. The largest absolute Gasteiger partial charge is 0.481 e. The van der Waals surface area contributed by atoms with E-state index in [-0.39, 0.29) is 11.5 Å². The van der Waals surface area contributed by atoms with Crippen LogP contribution >= 0.6 is 0 Å². The van der Waals surface area contributed by atoms with Crippen molar-refractivity contribution in [2.45, 2.75) is 6.92 Å². The van der Waals surface area contributed by atoms with Crippen molar-refractivity contribution in [2.75, 3.05) is 26.1 Å². The summed E-state index contributed by atoms with van der Waals surface area (Å²) in [6.45, 7) is 1.81. The zero-order valence-corrected chi connectivity index (χ0v) is 13.4. The summed E-state index contributed by atoms with van der Waals surface area (Å²) in [5.41, 5.74) is 1.37. The highest BCUT2D eigenvalue weighted by Crippen LogP contribution is 2.18. The first kappa shape index (κ1) is 15.0. The lowest BCUT2D eigenvalue weighted by Crippen LogP contribution is -2.23. The molecule has 0 spiro atoms. The number of hydrogen-bond acceptors (Lipinski definition) is 6. The van der Waals surface area contributed by atoms with Crippen LogP contribution in [0, 0.1) is 6.92 Å². The monoisotopic (exact) mass is 311 g/mol. The van der Waals surface area contributed by atoms with Crippen molar-refractivity contribution in [3.8, 4) is 11.8 Å². The fraction of sp³-hybridized carbons (Fsp3) is 0.250. The van der Waals surface area contributed by atoms with Gasteiger partial charge in [-0.1, -0.05) is 6.07 Å². The fourth-order valence-electron chi connectivity index (χ4n) is 2.27. The summed E-state index contributed by atoms with van der Waals surface area (Å²) in [5, 5.41) is 5.52. The predicted molar refractivity (Wildman–Crippen MR) is 88.5 cm³/mol. The molecule has 3 aromatic rings. The topological polar surface area (TPSA) is 73.1 Å². The number of nitrogens with zero attached hydrogens (tertiary/aromatic N) is 5. The van der Waals surface area contributed by atoms with Crippen LogP contribution in [0.4, 0.5) is 5.69 Å². The average Bonchev–Trinajstić information content (AvgIpc) is 2.54. The molecule has 0 saturated heterocycles. The Morgan fingerprint density at radius 2 is 1.96 bits per heavy atom. The molecular formula is C16H17N5O2. The molecule has 0 fully saturated rings. The molecule has 7 nitrogen and oxygen atoms in total. The number of benzene rings is 1. The normalized spacial score (nSPS) is 10.8. The molecule has 118 valence electrons. The Morgan fingerprint density at radius 1 is 1.17 bits per heavy atom. The lowest BCUT2D eigenvalue weighted by atomic mass is 10.2. The number of fused-ring (bicyclic) bond motifs is 1. The summed E-state index contributed by atoms with van der Waals surface area (Å²) in [7, 11) is 5.37. The summed E-state index contributed by atoms with van der Waals surface area (Å²) in [4.78, 5) is 23.2. The van der Waals surface area contributed by atoms with Gasteiger partial charge in [0.05, 0.1) is 18.7 Å². The molecule has 0 amide bonds. The van der Waals surface area contributed by atoms with Crippen LogP contribution < -0.4 is 15.2 Å².